The monoisotopic (exact) mass is 383 g/mol. The van der Waals surface area contributed by atoms with E-state index in [1.807, 2.05) is 31.1 Å². The van der Waals surface area contributed by atoms with Crippen LogP contribution >= 0.6 is 0 Å². The molecule has 1 aliphatic rings. The summed E-state index contributed by atoms with van der Waals surface area (Å²) >= 11 is 0. The Morgan fingerprint density at radius 3 is 2.89 bits per heavy atom. The minimum Gasteiger partial charge on any atom is -0.481 e. The summed E-state index contributed by atoms with van der Waals surface area (Å²) in [5.74, 6) is 0.500. The third kappa shape index (κ3) is 4.77. The highest BCUT2D eigenvalue weighted by Crippen LogP contribution is 2.23. The third-order valence-corrected chi connectivity index (χ3v) is 4.46. The summed E-state index contributed by atoms with van der Waals surface area (Å²) in [4.78, 5) is 34.8. The first-order chi connectivity index (χ1) is 13.5. The lowest BCUT2D eigenvalue weighted by Crippen LogP contribution is -2.57. The molecule has 1 amide bonds. The van der Waals surface area contributed by atoms with Crippen LogP contribution in [0.3, 0.4) is 0 Å². The van der Waals surface area contributed by atoms with Crippen LogP contribution in [0.5, 0.6) is 5.88 Å². The van der Waals surface area contributed by atoms with E-state index >= 15 is 0 Å². The van der Waals surface area contributed by atoms with Crippen molar-refractivity contribution in [2.45, 2.75) is 6.04 Å². The number of hydrogen-bond donors (Lipinski definition) is 2. The Morgan fingerprint density at radius 2 is 2.18 bits per heavy atom. The second-order valence-electron chi connectivity index (χ2n) is 6.97. The first kappa shape index (κ1) is 19.6. The minimum atomic E-state index is -0.194. The van der Waals surface area contributed by atoms with Gasteiger partial charge in [-0.1, -0.05) is 6.08 Å². The fourth-order valence-electron chi connectivity index (χ4n) is 2.90. The van der Waals surface area contributed by atoms with Crippen molar-refractivity contribution in [2.24, 2.45) is 0 Å². The molecule has 0 bridgehead atoms. The molecule has 8 heteroatoms. The summed E-state index contributed by atoms with van der Waals surface area (Å²) in [6, 6.07) is 5.51. The standard InChI is InChI=1S/C20H25N5O3/c1-24(2)8-4-5-19(26)25-12-16(13-25)23-17-9-15(11-22-20(17)27)14-6-7-21-18(10-14)28-3/h4-7,9-11,16,23H,8,12-13H2,1-3H3,(H,22,27)/b5-4+. The van der Waals surface area contributed by atoms with Gasteiger partial charge in [-0.15, -0.1) is 0 Å². The number of rotatable bonds is 7. The minimum absolute atomic E-state index is 0.00793. The van der Waals surface area contributed by atoms with Gasteiger partial charge >= 0.3 is 0 Å². The summed E-state index contributed by atoms with van der Waals surface area (Å²) in [5.41, 5.74) is 2.03. The van der Waals surface area contributed by atoms with E-state index in [1.165, 1.54) is 0 Å². The molecular weight excluding hydrogens is 358 g/mol. The molecule has 1 aliphatic heterocycles. The van der Waals surface area contributed by atoms with E-state index < -0.39 is 0 Å². The smallest absolute Gasteiger partial charge is 0.271 e. The molecular formula is C20H25N5O3. The Labute approximate surface area is 163 Å². The number of methoxy groups -OCH3 is 1. The number of carbonyl (C=O) groups excluding carboxylic acids is 1. The molecule has 8 nitrogen and oxygen atoms in total. The van der Waals surface area contributed by atoms with E-state index in [4.69, 9.17) is 4.74 Å². The lowest BCUT2D eigenvalue weighted by Gasteiger charge is -2.39. The van der Waals surface area contributed by atoms with E-state index in [9.17, 15) is 9.59 Å². The Morgan fingerprint density at radius 1 is 1.39 bits per heavy atom. The van der Waals surface area contributed by atoms with Crippen molar-refractivity contribution in [3.05, 3.63) is 53.1 Å². The van der Waals surface area contributed by atoms with E-state index in [0.29, 0.717) is 24.7 Å². The molecule has 0 spiro atoms. The summed E-state index contributed by atoms with van der Waals surface area (Å²) < 4.78 is 5.15. The van der Waals surface area contributed by atoms with Crippen LogP contribution < -0.4 is 15.6 Å². The van der Waals surface area contributed by atoms with Crippen molar-refractivity contribution in [3.8, 4) is 17.0 Å². The number of aromatic amines is 1. The molecule has 0 atom stereocenters. The summed E-state index contributed by atoms with van der Waals surface area (Å²) in [6.45, 7) is 1.86. The van der Waals surface area contributed by atoms with Crippen LogP contribution in [0.2, 0.25) is 0 Å². The van der Waals surface area contributed by atoms with E-state index in [1.54, 1.807) is 42.6 Å². The van der Waals surface area contributed by atoms with Crippen LogP contribution in [0.4, 0.5) is 5.69 Å². The zero-order valence-electron chi connectivity index (χ0n) is 16.3. The second kappa shape index (κ2) is 8.71. The van der Waals surface area contributed by atoms with Crippen molar-refractivity contribution in [1.82, 2.24) is 19.8 Å². The van der Waals surface area contributed by atoms with Gasteiger partial charge in [0, 0.05) is 49.7 Å². The Hall–Kier alpha value is -3.13. The third-order valence-electron chi connectivity index (χ3n) is 4.46. The Balaban J connectivity index is 1.62. The number of nitrogens with one attached hydrogen (secondary N) is 2. The number of anilines is 1. The first-order valence-electron chi connectivity index (χ1n) is 9.06. The number of carbonyl (C=O) groups is 1. The predicted molar refractivity (Wildman–Crippen MR) is 109 cm³/mol. The van der Waals surface area contributed by atoms with Gasteiger partial charge in [0.05, 0.1) is 13.2 Å². The summed E-state index contributed by atoms with van der Waals surface area (Å²) in [7, 11) is 5.46. The fourth-order valence-corrected chi connectivity index (χ4v) is 2.90. The maximum Gasteiger partial charge on any atom is 0.271 e. The van der Waals surface area contributed by atoms with Crippen LogP contribution in [0, 0.1) is 0 Å². The molecule has 0 aliphatic carbocycles. The van der Waals surface area contributed by atoms with Gasteiger partial charge in [0.2, 0.25) is 11.8 Å². The molecule has 0 saturated carbocycles. The van der Waals surface area contributed by atoms with Crippen molar-refractivity contribution < 1.29 is 9.53 Å². The number of nitrogens with zero attached hydrogens (tertiary/aromatic N) is 3. The highest BCUT2D eigenvalue weighted by atomic mass is 16.5. The molecule has 2 aromatic rings. The lowest BCUT2D eigenvalue weighted by atomic mass is 10.1. The van der Waals surface area contributed by atoms with Crippen LogP contribution in [0.15, 0.2) is 47.5 Å². The van der Waals surface area contributed by atoms with Gasteiger partial charge < -0.3 is 24.8 Å². The van der Waals surface area contributed by atoms with Gasteiger partial charge in [-0.3, -0.25) is 9.59 Å². The number of amides is 1. The first-order valence-corrected chi connectivity index (χ1v) is 9.06. The maximum absolute atomic E-state index is 12.2. The van der Waals surface area contributed by atoms with Gasteiger partial charge in [0.25, 0.3) is 5.56 Å². The molecule has 28 heavy (non-hydrogen) atoms. The molecule has 1 saturated heterocycles. The molecule has 148 valence electrons. The Bertz CT molecular complexity index is 916. The molecule has 0 aromatic carbocycles. The molecule has 2 N–H and O–H groups in total. The van der Waals surface area contributed by atoms with Gasteiger partial charge in [-0.25, -0.2) is 4.98 Å². The average Bonchev–Trinajstić information content (AvgIpc) is 2.65. The number of hydrogen-bond acceptors (Lipinski definition) is 6. The highest BCUT2D eigenvalue weighted by Gasteiger charge is 2.29. The average molecular weight is 383 g/mol. The molecule has 3 heterocycles. The summed E-state index contributed by atoms with van der Waals surface area (Å²) in [5, 5.41) is 3.23. The quantitative estimate of drug-likeness (QED) is 0.698. The number of ether oxygens (including phenoxy) is 1. The zero-order valence-corrected chi connectivity index (χ0v) is 16.3. The molecule has 1 fully saturated rings. The lowest BCUT2D eigenvalue weighted by molar-refractivity contribution is -0.129. The second-order valence-corrected chi connectivity index (χ2v) is 6.97. The maximum atomic E-state index is 12.2. The fraction of sp³-hybridized carbons (Fsp3) is 0.350. The molecule has 0 unspecified atom stereocenters. The van der Waals surface area contributed by atoms with Crippen molar-refractivity contribution in [2.75, 3.05) is 46.2 Å². The highest BCUT2D eigenvalue weighted by molar-refractivity contribution is 5.88. The van der Waals surface area contributed by atoms with Crippen LogP contribution in [-0.2, 0) is 4.79 Å². The van der Waals surface area contributed by atoms with E-state index in [2.05, 4.69) is 15.3 Å². The molecule has 3 rings (SSSR count). The number of pyridine rings is 2. The SMILES string of the molecule is COc1cc(-c2c[nH]c(=O)c(NC3CN(C(=O)/C=C/CN(C)C)C3)c2)ccn1. The number of aromatic nitrogens is 2. The van der Waals surface area contributed by atoms with E-state index in [0.717, 1.165) is 17.7 Å². The van der Waals surface area contributed by atoms with Gasteiger partial charge in [0.1, 0.15) is 5.69 Å². The normalized spacial score (nSPS) is 14.4. The molecule has 2 aromatic heterocycles. The van der Waals surface area contributed by atoms with Crippen molar-refractivity contribution in [3.63, 3.8) is 0 Å². The Kier molecular flexibility index (Phi) is 6.10. The number of likely N-dealkylation sites (N-methyl/N-ethyl adjacent to an activating group) is 1. The predicted octanol–water partition coefficient (Wildman–Crippen LogP) is 1.19. The molecule has 0 radical (unpaired) electrons. The number of likely N-dealkylation sites (tertiary alicyclic amines) is 1. The van der Waals surface area contributed by atoms with Crippen molar-refractivity contribution >= 4 is 11.6 Å². The van der Waals surface area contributed by atoms with Crippen LogP contribution in [0.1, 0.15) is 0 Å². The van der Waals surface area contributed by atoms with Crippen LogP contribution in [0.25, 0.3) is 11.1 Å². The number of H-pyrrole nitrogens is 1. The van der Waals surface area contributed by atoms with E-state index in [-0.39, 0.29) is 17.5 Å². The van der Waals surface area contributed by atoms with Crippen molar-refractivity contribution in [1.29, 1.82) is 0 Å². The van der Waals surface area contributed by atoms with Gasteiger partial charge in [0.15, 0.2) is 0 Å². The topological polar surface area (TPSA) is 90.6 Å². The summed E-state index contributed by atoms with van der Waals surface area (Å²) in [6.07, 6.45) is 6.76. The van der Waals surface area contributed by atoms with Gasteiger partial charge in [-0.05, 0) is 31.8 Å². The zero-order chi connectivity index (χ0) is 20.1. The van der Waals surface area contributed by atoms with Gasteiger partial charge in [-0.2, -0.15) is 0 Å². The van der Waals surface area contributed by atoms with Crippen LogP contribution in [-0.4, -0.2) is 72.6 Å². The largest absolute Gasteiger partial charge is 0.481 e.